The molecular weight excluding hydrogens is 334 g/mol. The first-order valence-electron chi connectivity index (χ1n) is 7.28. The van der Waals surface area contributed by atoms with Crippen LogP contribution in [0, 0.1) is 10.1 Å². The fourth-order valence-corrected chi connectivity index (χ4v) is 1.87. The highest BCUT2D eigenvalue weighted by atomic mass is 16.6. The van der Waals surface area contributed by atoms with Gasteiger partial charge in [-0.25, -0.2) is 4.79 Å². The number of methoxy groups -OCH3 is 2. The molecule has 0 atom stereocenters. The number of nitrogens with zero attached hydrogens (tertiary/aromatic N) is 1. The molecule has 0 radical (unpaired) electrons. The van der Waals surface area contributed by atoms with Gasteiger partial charge in [0.05, 0.1) is 31.8 Å². The van der Waals surface area contributed by atoms with Crippen LogP contribution in [-0.4, -0.2) is 44.3 Å². The van der Waals surface area contributed by atoms with E-state index >= 15 is 0 Å². The molecule has 0 N–H and O–H groups in total. The Morgan fingerprint density at radius 3 is 2.56 bits per heavy atom. The average molecular weight is 353 g/mol. The zero-order valence-corrected chi connectivity index (χ0v) is 14.0. The molecule has 0 saturated heterocycles. The van der Waals surface area contributed by atoms with Gasteiger partial charge in [0.2, 0.25) is 0 Å². The molecule has 136 valence electrons. The van der Waals surface area contributed by atoms with E-state index in [-0.39, 0.29) is 36.7 Å². The molecule has 0 saturated carbocycles. The van der Waals surface area contributed by atoms with Crippen LogP contribution in [0.3, 0.4) is 0 Å². The number of carbonyl (C=O) groups is 2. The lowest BCUT2D eigenvalue weighted by atomic mass is 10.1. The molecule has 0 spiro atoms. The van der Waals surface area contributed by atoms with E-state index in [0.29, 0.717) is 6.42 Å². The number of benzene rings is 1. The third-order valence-corrected chi connectivity index (χ3v) is 3.03. The molecule has 0 unspecified atom stereocenters. The Balaban J connectivity index is 2.83. The quantitative estimate of drug-likeness (QED) is 0.207. The summed E-state index contributed by atoms with van der Waals surface area (Å²) in [6, 6.07) is 2.26. The number of ether oxygens (including phenoxy) is 4. The molecule has 25 heavy (non-hydrogen) atoms. The van der Waals surface area contributed by atoms with E-state index < -0.39 is 22.5 Å². The van der Waals surface area contributed by atoms with Crippen LogP contribution in [0.4, 0.5) is 5.69 Å². The SMILES string of the molecule is C=CCOC(=O)CCCOc1cc([N+](=O)[O-])c(C(=O)OC)cc1OC. The molecule has 9 heteroatoms. The predicted molar refractivity (Wildman–Crippen MR) is 86.9 cm³/mol. The summed E-state index contributed by atoms with van der Waals surface area (Å²) < 4.78 is 19.9. The maximum Gasteiger partial charge on any atom is 0.345 e. The fourth-order valence-electron chi connectivity index (χ4n) is 1.87. The lowest BCUT2D eigenvalue weighted by Gasteiger charge is -2.12. The molecule has 0 aliphatic heterocycles. The number of nitro groups is 1. The smallest absolute Gasteiger partial charge is 0.345 e. The van der Waals surface area contributed by atoms with Crippen molar-refractivity contribution in [1.29, 1.82) is 0 Å². The minimum absolute atomic E-state index is 0.0845. The number of hydrogen-bond donors (Lipinski definition) is 0. The van der Waals surface area contributed by atoms with E-state index in [1.807, 2.05) is 0 Å². The summed E-state index contributed by atoms with van der Waals surface area (Å²) in [5, 5.41) is 11.1. The standard InChI is InChI=1S/C16H19NO8/c1-4-7-25-15(18)6-5-8-24-14-10-12(17(20)21)11(16(19)23-3)9-13(14)22-2/h4,9-10H,1,5-8H2,2-3H3. The first-order chi connectivity index (χ1) is 11.9. The molecule has 0 amide bonds. The molecule has 0 aliphatic rings. The van der Waals surface area contributed by atoms with Crippen LogP contribution >= 0.6 is 0 Å². The van der Waals surface area contributed by atoms with Gasteiger partial charge in [-0.1, -0.05) is 12.7 Å². The maximum absolute atomic E-state index is 11.7. The van der Waals surface area contributed by atoms with Crippen LogP contribution in [0.2, 0.25) is 0 Å². The first-order valence-corrected chi connectivity index (χ1v) is 7.28. The number of hydrogen-bond acceptors (Lipinski definition) is 8. The van der Waals surface area contributed by atoms with Gasteiger partial charge in [0, 0.05) is 12.5 Å². The summed E-state index contributed by atoms with van der Waals surface area (Å²) in [5.41, 5.74) is -0.710. The third kappa shape index (κ3) is 5.79. The molecule has 1 rings (SSSR count). The number of carbonyl (C=O) groups excluding carboxylic acids is 2. The van der Waals surface area contributed by atoms with Gasteiger partial charge in [-0.2, -0.15) is 0 Å². The fraction of sp³-hybridized carbons (Fsp3) is 0.375. The summed E-state index contributed by atoms with van der Waals surface area (Å²) in [4.78, 5) is 33.4. The Morgan fingerprint density at radius 1 is 1.28 bits per heavy atom. The Labute approximate surface area is 144 Å². The van der Waals surface area contributed by atoms with Gasteiger partial charge in [0.25, 0.3) is 5.69 Å². The van der Waals surface area contributed by atoms with E-state index in [1.165, 1.54) is 19.3 Å². The van der Waals surface area contributed by atoms with Crippen molar-refractivity contribution in [2.75, 3.05) is 27.4 Å². The second kappa shape index (κ2) is 9.91. The Kier molecular flexibility index (Phi) is 7.91. The van der Waals surface area contributed by atoms with Gasteiger partial charge in [-0.15, -0.1) is 0 Å². The molecule has 9 nitrogen and oxygen atoms in total. The zero-order chi connectivity index (χ0) is 18.8. The summed E-state index contributed by atoms with van der Waals surface area (Å²) in [5.74, 6) is -1.04. The molecule has 0 aliphatic carbocycles. The van der Waals surface area contributed by atoms with E-state index in [2.05, 4.69) is 11.3 Å². The Bertz CT molecular complexity index is 656. The first kappa shape index (κ1) is 19.9. The highest BCUT2D eigenvalue weighted by Crippen LogP contribution is 2.35. The monoisotopic (exact) mass is 353 g/mol. The second-order valence-electron chi connectivity index (χ2n) is 4.69. The summed E-state index contributed by atoms with van der Waals surface area (Å²) >= 11 is 0. The lowest BCUT2D eigenvalue weighted by Crippen LogP contribution is -2.09. The van der Waals surface area contributed by atoms with Crippen LogP contribution in [0.25, 0.3) is 0 Å². The number of esters is 2. The van der Waals surface area contributed by atoms with Gasteiger partial charge < -0.3 is 18.9 Å². The molecular formula is C16H19NO8. The maximum atomic E-state index is 11.7. The van der Waals surface area contributed by atoms with Gasteiger partial charge in [-0.05, 0) is 6.42 Å². The lowest BCUT2D eigenvalue weighted by molar-refractivity contribution is -0.385. The van der Waals surface area contributed by atoms with Crippen molar-refractivity contribution in [2.45, 2.75) is 12.8 Å². The van der Waals surface area contributed by atoms with E-state index in [9.17, 15) is 19.7 Å². The summed E-state index contributed by atoms with van der Waals surface area (Å²) in [7, 11) is 2.45. The van der Waals surface area contributed by atoms with Crippen LogP contribution in [0.1, 0.15) is 23.2 Å². The van der Waals surface area contributed by atoms with Crippen molar-refractivity contribution in [3.63, 3.8) is 0 Å². The second-order valence-corrected chi connectivity index (χ2v) is 4.69. The van der Waals surface area contributed by atoms with Crippen LogP contribution < -0.4 is 9.47 Å². The molecule has 0 aromatic heterocycles. The third-order valence-electron chi connectivity index (χ3n) is 3.03. The van der Waals surface area contributed by atoms with Crippen molar-refractivity contribution in [2.24, 2.45) is 0 Å². The highest BCUT2D eigenvalue weighted by molar-refractivity contribution is 5.95. The molecule has 1 aromatic rings. The molecule has 0 heterocycles. The van der Waals surface area contributed by atoms with Crippen LogP contribution in [0.5, 0.6) is 11.5 Å². The Morgan fingerprint density at radius 2 is 2.00 bits per heavy atom. The minimum atomic E-state index is -0.860. The highest BCUT2D eigenvalue weighted by Gasteiger charge is 2.25. The summed E-state index contributed by atoms with van der Waals surface area (Å²) in [6.07, 6.45) is 1.92. The number of nitro benzene ring substituents is 1. The van der Waals surface area contributed by atoms with Crippen molar-refractivity contribution < 1.29 is 33.5 Å². The zero-order valence-electron chi connectivity index (χ0n) is 14.0. The predicted octanol–water partition coefficient (Wildman–Crippen LogP) is 2.28. The van der Waals surface area contributed by atoms with Gasteiger partial charge >= 0.3 is 11.9 Å². The van der Waals surface area contributed by atoms with E-state index in [0.717, 1.165) is 13.2 Å². The largest absolute Gasteiger partial charge is 0.493 e. The number of rotatable bonds is 10. The minimum Gasteiger partial charge on any atom is -0.493 e. The van der Waals surface area contributed by atoms with Crippen molar-refractivity contribution in [3.8, 4) is 11.5 Å². The van der Waals surface area contributed by atoms with E-state index in [4.69, 9.17) is 14.2 Å². The van der Waals surface area contributed by atoms with Crippen molar-refractivity contribution in [1.82, 2.24) is 0 Å². The van der Waals surface area contributed by atoms with Crippen molar-refractivity contribution >= 4 is 17.6 Å². The van der Waals surface area contributed by atoms with Crippen LogP contribution in [-0.2, 0) is 14.3 Å². The summed E-state index contributed by atoms with van der Waals surface area (Å²) in [6.45, 7) is 3.67. The Hall–Kier alpha value is -3.10. The van der Waals surface area contributed by atoms with Gasteiger partial charge in [-0.3, -0.25) is 14.9 Å². The topological polar surface area (TPSA) is 114 Å². The van der Waals surface area contributed by atoms with E-state index in [1.54, 1.807) is 0 Å². The normalized spacial score (nSPS) is 9.84. The van der Waals surface area contributed by atoms with Gasteiger partial charge in [0.1, 0.15) is 12.2 Å². The molecule has 1 aromatic carbocycles. The molecule has 0 bridgehead atoms. The molecule has 0 fully saturated rings. The van der Waals surface area contributed by atoms with Crippen LogP contribution in [0.15, 0.2) is 24.8 Å². The average Bonchev–Trinajstić information content (AvgIpc) is 2.61. The van der Waals surface area contributed by atoms with Gasteiger partial charge in [0.15, 0.2) is 11.5 Å². The van der Waals surface area contributed by atoms with Crippen molar-refractivity contribution in [3.05, 3.63) is 40.5 Å².